The van der Waals surface area contributed by atoms with Crippen LogP contribution in [0.25, 0.3) is 6.08 Å². The fourth-order valence-electron chi connectivity index (χ4n) is 9.68. The molecule has 3 aliphatic carbocycles. The van der Waals surface area contributed by atoms with Crippen LogP contribution in [0.3, 0.4) is 0 Å². The number of aliphatic hydroxyl groups is 1. The molecule has 7 aliphatic rings. The standard InChI is InChI=1S/C42H56N4O11/c1-40(2,3)54-32(49)18-16-28(23-47)43-37(50)29-10-7-19-45(29)39(52)41-21-30-33-34(56-42(55-33,26-12-13-26)27-14-15-27)36(41)57-46(35(41)38(51)53-30)22-25-9-6-8-24(20-25)11-17-31(48)44(4)5/h6,8-9,11,17,20,26-30,33-36,47H,7,10,12-16,18-19,21-23H2,1-5H3,(H,43,50). The Morgan fingerprint density at radius 2 is 1.79 bits per heavy atom. The lowest BCUT2D eigenvalue weighted by molar-refractivity contribution is -0.235. The van der Waals surface area contributed by atoms with Gasteiger partial charge in [0.2, 0.25) is 17.7 Å². The number of carbonyl (C=O) groups is 5. The van der Waals surface area contributed by atoms with Gasteiger partial charge in [0.05, 0.1) is 19.2 Å². The van der Waals surface area contributed by atoms with Crippen molar-refractivity contribution in [3.63, 3.8) is 0 Å². The normalized spacial score (nSPS) is 32.2. The molecule has 2 bridgehead atoms. The Labute approximate surface area is 333 Å². The summed E-state index contributed by atoms with van der Waals surface area (Å²) >= 11 is 0. The van der Waals surface area contributed by atoms with Crippen molar-refractivity contribution in [3.8, 4) is 0 Å². The molecular formula is C42H56N4O11. The van der Waals surface area contributed by atoms with Crippen molar-refractivity contribution < 1.29 is 52.9 Å². The predicted molar refractivity (Wildman–Crippen MR) is 202 cm³/mol. The van der Waals surface area contributed by atoms with Gasteiger partial charge >= 0.3 is 11.9 Å². The average molecular weight is 793 g/mol. The third-order valence-corrected chi connectivity index (χ3v) is 12.5. The first-order valence-corrected chi connectivity index (χ1v) is 20.6. The van der Waals surface area contributed by atoms with E-state index in [1.54, 1.807) is 50.9 Å². The van der Waals surface area contributed by atoms with Crippen molar-refractivity contribution in [2.45, 2.75) is 139 Å². The summed E-state index contributed by atoms with van der Waals surface area (Å²) in [5, 5.41) is 14.6. The number of carbonyl (C=O) groups excluding carboxylic acids is 5. The first kappa shape index (κ1) is 39.9. The van der Waals surface area contributed by atoms with Gasteiger partial charge in [0, 0.05) is 51.4 Å². The number of hydroxylamine groups is 2. The van der Waals surface area contributed by atoms with Crippen LogP contribution in [0, 0.1) is 17.3 Å². The van der Waals surface area contributed by atoms with E-state index in [1.165, 1.54) is 11.0 Å². The quantitative estimate of drug-likeness (QED) is 0.221. The van der Waals surface area contributed by atoms with Crippen LogP contribution < -0.4 is 5.32 Å². The predicted octanol–water partition coefficient (Wildman–Crippen LogP) is 2.48. The number of likely N-dealkylation sites (N-methyl/N-ethyl adjacent to an activating group) is 1. The van der Waals surface area contributed by atoms with E-state index in [0.717, 1.165) is 36.8 Å². The zero-order valence-electron chi connectivity index (χ0n) is 33.5. The molecule has 0 aromatic heterocycles. The maximum Gasteiger partial charge on any atom is 0.327 e. The third kappa shape index (κ3) is 7.50. The second-order valence-electron chi connectivity index (χ2n) is 18.1. The van der Waals surface area contributed by atoms with Gasteiger partial charge in [0.15, 0.2) is 11.8 Å². The van der Waals surface area contributed by atoms with Gasteiger partial charge in [0.1, 0.15) is 41.5 Å². The number of esters is 2. The van der Waals surface area contributed by atoms with Crippen LogP contribution in [0.15, 0.2) is 30.3 Å². The van der Waals surface area contributed by atoms with Crippen LogP contribution in [0.5, 0.6) is 0 Å². The molecule has 3 amide bonds. The Morgan fingerprint density at radius 3 is 2.46 bits per heavy atom. The van der Waals surface area contributed by atoms with Crippen LogP contribution in [-0.2, 0) is 54.3 Å². The molecule has 0 spiro atoms. The van der Waals surface area contributed by atoms with Gasteiger partial charge in [0.25, 0.3) is 0 Å². The van der Waals surface area contributed by atoms with Crippen LogP contribution in [-0.4, -0.2) is 131 Å². The topological polar surface area (TPSA) is 173 Å². The first-order valence-electron chi connectivity index (χ1n) is 20.6. The highest BCUT2D eigenvalue weighted by atomic mass is 16.8. The van der Waals surface area contributed by atoms with E-state index in [-0.39, 0.29) is 49.5 Å². The summed E-state index contributed by atoms with van der Waals surface area (Å²) in [5.41, 5.74) is -0.542. The molecule has 15 heteroatoms. The number of aliphatic hydroxyl groups excluding tert-OH is 1. The highest BCUT2D eigenvalue weighted by Gasteiger charge is 2.78. The average Bonchev–Trinajstić information content (AvgIpc) is 4.08. The summed E-state index contributed by atoms with van der Waals surface area (Å²) in [4.78, 5) is 78.3. The SMILES string of the molecule is CN(C)C(=O)C=Cc1cccc(CN2OC3C4OC(C5CC5)(C5CC5)OC4C4CC3(C(=O)N3CCCC3C(=O)NC(CO)CCC(=O)OC(C)(C)C)C2C(=O)O4)c1. The molecule has 8 atom stereocenters. The lowest BCUT2D eigenvalue weighted by Gasteiger charge is -2.50. The van der Waals surface area contributed by atoms with Gasteiger partial charge in [-0.3, -0.25) is 28.8 Å². The summed E-state index contributed by atoms with van der Waals surface area (Å²) in [5.74, 6) is -2.35. The first-order chi connectivity index (χ1) is 27.1. The minimum atomic E-state index is -1.45. The number of hydrogen-bond acceptors (Lipinski definition) is 12. The molecule has 57 heavy (non-hydrogen) atoms. The van der Waals surface area contributed by atoms with E-state index >= 15 is 4.79 Å². The fraction of sp³-hybridized carbons (Fsp3) is 0.690. The van der Waals surface area contributed by atoms with Crippen LogP contribution in [0.2, 0.25) is 0 Å². The monoisotopic (exact) mass is 792 g/mol. The number of nitrogens with zero attached hydrogens (tertiary/aromatic N) is 3. The van der Waals surface area contributed by atoms with Crippen molar-refractivity contribution in [1.29, 1.82) is 0 Å². The molecule has 8 rings (SSSR count). The maximum atomic E-state index is 15.4. The second-order valence-corrected chi connectivity index (χ2v) is 18.1. The minimum absolute atomic E-state index is 0.000464. The Kier molecular flexibility index (Phi) is 10.5. The van der Waals surface area contributed by atoms with E-state index in [0.29, 0.717) is 19.4 Å². The summed E-state index contributed by atoms with van der Waals surface area (Å²) < 4.78 is 25.5. The van der Waals surface area contributed by atoms with Gasteiger partial charge < -0.3 is 39.2 Å². The number of fused-ring (bicyclic) bond motifs is 4. The Morgan fingerprint density at radius 1 is 1.07 bits per heavy atom. The maximum absolute atomic E-state index is 15.4. The van der Waals surface area contributed by atoms with Crippen LogP contribution >= 0.6 is 0 Å². The van der Waals surface area contributed by atoms with Gasteiger partial charge in [-0.1, -0.05) is 24.3 Å². The Hall–Kier alpha value is -3.89. The zero-order valence-corrected chi connectivity index (χ0v) is 33.5. The van der Waals surface area contributed by atoms with E-state index in [1.807, 2.05) is 24.3 Å². The highest BCUT2D eigenvalue weighted by molar-refractivity contribution is 5.97. The van der Waals surface area contributed by atoms with Crippen LogP contribution in [0.1, 0.15) is 89.7 Å². The number of rotatable bonds is 13. The van der Waals surface area contributed by atoms with Crippen molar-refractivity contribution in [1.82, 2.24) is 20.2 Å². The van der Waals surface area contributed by atoms with E-state index < -0.39 is 83.8 Å². The largest absolute Gasteiger partial charge is 0.460 e. The van der Waals surface area contributed by atoms with Gasteiger partial charge in [-0.2, -0.15) is 5.06 Å². The molecule has 15 nitrogen and oxygen atoms in total. The summed E-state index contributed by atoms with van der Waals surface area (Å²) in [7, 11) is 3.36. The molecule has 4 heterocycles. The molecule has 8 unspecified atom stereocenters. The number of hydrogen-bond donors (Lipinski definition) is 2. The molecule has 310 valence electrons. The Balaban J connectivity index is 1.08. The van der Waals surface area contributed by atoms with Crippen molar-refractivity contribution >= 4 is 35.7 Å². The van der Waals surface area contributed by atoms with E-state index in [2.05, 4.69) is 5.32 Å². The number of nitrogens with one attached hydrogen (secondary N) is 1. The minimum Gasteiger partial charge on any atom is -0.460 e. The van der Waals surface area contributed by atoms with Gasteiger partial charge in [-0.15, -0.1) is 0 Å². The molecule has 4 saturated heterocycles. The summed E-state index contributed by atoms with van der Waals surface area (Å²) in [6.45, 7) is 5.34. The zero-order chi connectivity index (χ0) is 40.4. The number of amides is 3. The van der Waals surface area contributed by atoms with Crippen LogP contribution in [0.4, 0.5) is 0 Å². The lowest BCUT2D eigenvalue weighted by atomic mass is 9.62. The molecule has 7 fully saturated rings. The van der Waals surface area contributed by atoms with E-state index in [4.69, 9.17) is 23.8 Å². The van der Waals surface area contributed by atoms with Gasteiger partial charge in [-0.05, 0) is 82.9 Å². The number of likely N-dealkylation sites (tertiary alicyclic amines) is 1. The fourth-order valence-corrected chi connectivity index (χ4v) is 9.68. The smallest absolute Gasteiger partial charge is 0.327 e. The summed E-state index contributed by atoms with van der Waals surface area (Å²) in [6.07, 6.45) is 5.44. The molecule has 1 aromatic carbocycles. The highest BCUT2D eigenvalue weighted by Crippen LogP contribution is 2.64. The third-order valence-electron chi connectivity index (χ3n) is 12.5. The second kappa shape index (κ2) is 15.0. The molecule has 0 radical (unpaired) electrons. The molecule has 1 aromatic rings. The lowest BCUT2D eigenvalue weighted by Crippen LogP contribution is -2.70. The Bertz CT molecular complexity index is 1790. The van der Waals surface area contributed by atoms with Crippen molar-refractivity contribution in [2.24, 2.45) is 17.3 Å². The number of ether oxygens (including phenoxy) is 4. The summed E-state index contributed by atoms with van der Waals surface area (Å²) in [6, 6.07) is 4.81. The van der Waals surface area contributed by atoms with Crippen molar-refractivity contribution in [3.05, 3.63) is 41.5 Å². The van der Waals surface area contributed by atoms with Gasteiger partial charge in [-0.25, -0.2) is 0 Å². The van der Waals surface area contributed by atoms with Crippen molar-refractivity contribution in [2.75, 3.05) is 27.2 Å². The molecule has 4 aliphatic heterocycles. The molecule has 3 saturated carbocycles. The molecular weight excluding hydrogens is 736 g/mol. The number of benzene rings is 1. The van der Waals surface area contributed by atoms with E-state index in [9.17, 15) is 24.3 Å². The molecule has 2 N–H and O–H groups in total.